The second kappa shape index (κ2) is 8.73. The SMILES string of the molecule is Bc1cnc(N(C(=O)OC(C)(C)C)C(=O)OC(C)(C)C)c(Oc2ccc(C)cc2)n1. The van der Waals surface area contributed by atoms with Crippen LogP contribution in [-0.2, 0) is 9.47 Å². The predicted molar refractivity (Wildman–Crippen MR) is 116 cm³/mol. The summed E-state index contributed by atoms with van der Waals surface area (Å²) < 4.78 is 16.7. The van der Waals surface area contributed by atoms with Crippen LogP contribution in [0.25, 0.3) is 0 Å². The predicted octanol–water partition coefficient (Wildman–Crippen LogP) is 3.51. The van der Waals surface area contributed by atoms with Crippen molar-refractivity contribution in [1.29, 1.82) is 0 Å². The van der Waals surface area contributed by atoms with Crippen LogP contribution in [0.2, 0.25) is 0 Å². The molecule has 9 heteroatoms. The van der Waals surface area contributed by atoms with Crippen molar-refractivity contribution in [2.45, 2.75) is 59.7 Å². The molecule has 0 unspecified atom stereocenters. The summed E-state index contributed by atoms with van der Waals surface area (Å²) in [6.45, 7) is 12.1. The highest BCUT2D eigenvalue weighted by Crippen LogP contribution is 2.30. The lowest BCUT2D eigenvalue weighted by Crippen LogP contribution is -2.44. The number of imide groups is 1. The van der Waals surface area contributed by atoms with Gasteiger partial charge in [-0.2, -0.15) is 4.90 Å². The fourth-order valence-corrected chi connectivity index (χ4v) is 2.25. The number of hydrogen-bond donors (Lipinski definition) is 0. The van der Waals surface area contributed by atoms with Crippen LogP contribution < -0.4 is 15.2 Å². The van der Waals surface area contributed by atoms with Gasteiger partial charge in [-0.05, 0) is 60.6 Å². The Morgan fingerprint density at radius 2 is 1.43 bits per heavy atom. The number of rotatable bonds is 3. The van der Waals surface area contributed by atoms with Gasteiger partial charge in [0.25, 0.3) is 5.88 Å². The summed E-state index contributed by atoms with van der Waals surface area (Å²) >= 11 is 0. The fraction of sp³-hybridized carbons (Fsp3) is 0.429. The van der Waals surface area contributed by atoms with E-state index in [1.807, 2.05) is 19.1 Å². The smallest absolute Gasteiger partial charge is 0.425 e. The van der Waals surface area contributed by atoms with Gasteiger partial charge >= 0.3 is 12.2 Å². The number of ether oxygens (including phenoxy) is 3. The fourth-order valence-electron chi connectivity index (χ4n) is 2.25. The molecular formula is C21H28BN3O5. The van der Waals surface area contributed by atoms with E-state index in [0.29, 0.717) is 16.2 Å². The molecule has 0 bridgehead atoms. The molecule has 0 N–H and O–H groups in total. The molecule has 1 heterocycles. The molecule has 160 valence electrons. The van der Waals surface area contributed by atoms with Crippen LogP contribution in [0.15, 0.2) is 30.5 Å². The molecule has 30 heavy (non-hydrogen) atoms. The Balaban J connectivity index is 2.52. The third-order valence-electron chi connectivity index (χ3n) is 3.44. The van der Waals surface area contributed by atoms with Gasteiger partial charge in [0.05, 0.1) is 0 Å². The minimum Gasteiger partial charge on any atom is -0.443 e. The number of amides is 2. The Morgan fingerprint density at radius 1 is 0.933 bits per heavy atom. The van der Waals surface area contributed by atoms with Gasteiger partial charge in [-0.3, -0.25) is 0 Å². The minimum absolute atomic E-state index is 0.0180. The number of benzene rings is 1. The molecule has 0 aliphatic rings. The second-order valence-electron chi connectivity index (χ2n) is 8.85. The van der Waals surface area contributed by atoms with E-state index in [0.717, 1.165) is 5.56 Å². The summed E-state index contributed by atoms with van der Waals surface area (Å²) in [7, 11) is 1.73. The van der Waals surface area contributed by atoms with Crippen LogP contribution in [0.1, 0.15) is 47.1 Å². The molecule has 1 aromatic heterocycles. The molecule has 0 saturated heterocycles. The van der Waals surface area contributed by atoms with E-state index in [1.165, 1.54) is 6.20 Å². The van der Waals surface area contributed by atoms with Gasteiger partial charge in [-0.25, -0.2) is 19.6 Å². The zero-order valence-corrected chi connectivity index (χ0v) is 18.8. The largest absolute Gasteiger partial charge is 0.443 e. The lowest BCUT2D eigenvalue weighted by molar-refractivity contribution is 0.0427. The van der Waals surface area contributed by atoms with Crippen molar-refractivity contribution in [1.82, 2.24) is 9.97 Å². The van der Waals surface area contributed by atoms with E-state index in [2.05, 4.69) is 9.97 Å². The maximum atomic E-state index is 12.9. The number of aryl methyl sites for hydroxylation is 1. The van der Waals surface area contributed by atoms with Gasteiger partial charge in [0, 0.05) is 11.8 Å². The highest BCUT2D eigenvalue weighted by molar-refractivity contribution is 6.30. The van der Waals surface area contributed by atoms with Crippen LogP contribution in [0.5, 0.6) is 11.6 Å². The Labute approximate surface area is 178 Å². The first-order valence-electron chi connectivity index (χ1n) is 9.59. The molecule has 2 rings (SSSR count). The molecule has 0 atom stereocenters. The number of aromatic nitrogens is 2. The van der Waals surface area contributed by atoms with Gasteiger partial charge < -0.3 is 14.2 Å². The summed E-state index contributed by atoms with van der Waals surface area (Å²) in [5.41, 5.74) is -0.0720. The lowest BCUT2D eigenvalue weighted by atomic mass is 10.1. The summed E-state index contributed by atoms with van der Waals surface area (Å²) in [6.07, 6.45) is -0.452. The van der Waals surface area contributed by atoms with Gasteiger partial charge in [0.1, 0.15) is 17.0 Å². The highest BCUT2D eigenvalue weighted by atomic mass is 16.6. The monoisotopic (exact) mass is 413 g/mol. The summed E-state index contributed by atoms with van der Waals surface area (Å²) in [4.78, 5) is 35.1. The second-order valence-corrected chi connectivity index (χ2v) is 8.85. The Bertz CT molecular complexity index is 890. The van der Waals surface area contributed by atoms with E-state index in [1.54, 1.807) is 61.5 Å². The van der Waals surface area contributed by atoms with Crippen LogP contribution in [0.4, 0.5) is 15.4 Å². The molecule has 0 aliphatic heterocycles. The summed E-state index contributed by atoms with van der Waals surface area (Å²) in [6, 6.07) is 7.26. The van der Waals surface area contributed by atoms with E-state index < -0.39 is 23.4 Å². The van der Waals surface area contributed by atoms with Crippen LogP contribution in [0.3, 0.4) is 0 Å². The number of nitrogens with zero attached hydrogens (tertiary/aromatic N) is 3. The summed E-state index contributed by atoms with van der Waals surface area (Å²) in [5, 5.41) is 0. The molecule has 0 saturated carbocycles. The van der Waals surface area contributed by atoms with Crippen LogP contribution >= 0.6 is 0 Å². The van der Waals surface area contributed by atoms with E-state index in [-0.39, 0.29) is 11.7 Å². The topological polar surface area (TPSA) is 90.9 Å². The van der Waals surface area contributed by atoms with E-state index >= 15 is 0 Å². The number of carbonyl (C=O) groups excluding carboxylic acids is 2. The molecule has 0 aliphatic carbocycles. The molecule has 2 aromatic rings. The van der Waals surface area contributed by atoms with Crippen molar-refractivity contribution in [2.75, 3.05) is 4.90 Å². The van der Waals surface area contributed by atoms with Crippen molar-refractivity contribution >= 4 is 31.4 Å². The lowest BCUT2D eigenvalue weighted by Gasteiger charge is -2.28. The van der Waals surface area contributed by atoms with Crippen molar-refractivity contribution < 1.29 is 23.8 Å². The number of hydrogen-bond acceptors (Lipinski definition) is 7. The van der Waals surface area contributed by atoms with Gasteiger partial charge in [-0.15, -0.1) is 0 Å². The molecule has 1 aromatic carbocycles. The van der Waals surface area contributed by atoms with Crippen molar-refractivity contribution in [3.8, 4) is 11.6 Å². The third kappa shape index (κ3) is 6.75. The van der Waals surface area contributed by atoms with Crippen LogP contribution in [-0.4, -0.2) is 41.2 Å². The van der Waals surface area contributed by atoms with Crippen LogP contribution in [0, 0.1) is 6.92 Å². The van der Waals surface area contributed by atoms with Crippen molar-refractivity contribution in [3.63, 3.8) is 0 Å². The number of carbonyl (C=O) groups is 2. The van der Waals surface area contributed by atoms with E-state index in [4.69, 9.17) is 14.2 Å². The maximum Gasteiger partial charge on any atom is 0.425 e. The Morgan fingerprint density at radius 3 is 1.90 bits per heavy atom. The normalized spacial score (nSPS) is 11.6. The minimum atomic E-state index is -0.941. The van der Waals surface area contributed by atoms with Gasteiger partial charge in [0.15, 0.2) is 7.85 Å². The molecule has 2 amide bonds. The zero-order chi connectivity index (χ0) is 22.7. The first-order chi connectivity index (χ1) is 13.7. The highest BCUT2D eigenvalue weighted by Gasteiger charge is 2.36. The zero-order valence-electron chi connectivity index (χ0n) is 18.8. The molecule has 0 radical (unpaired) electrons. The maximum absolute atomic E-state index is 12.9. The quantitative estimate of drug-likeness (QED) is 0.712. The standard InChI is InChI=1S/C21H28BN3O5/c1-13-8-10-14(11-9-13)28-17-16(23-12-15(22)24-17)25(18(26)29-20(2,3)4)19(27)30-21(5,6)7/h8-12H,22H2,1-7H3. The summed E-state index contributed by atoms with van der Waals surface area (Å²) in [5.74, 6) is 0.343. The average molecular weight is 413 g/mol. The molecule has 8 nitrogen and oxygen atoms in total. The molecule has 0 spiro atoms. The Hall–Kier alpha value is -3.10. The molecule has 0 fully saturated rings. The van der Waals surface area contributed by atoms with Crippen molar-refractivity contribution in [2.24, 2.45) is 0 Å². The van der Waals surface area contributed by atoms with Crippen molar-refractivity contribution in [3.05, 3.63) is 36.0 Å². The third-order valence-corrected chi connectivity index (χ3v) is 3.44. The average Bonchev–Trinajstić information content (AvgIpc) is 2.56. The van der Waals surface area contributed by atoms with Gasteiger partial charge in [-0.1, -0.05) is 17.7 Å². The Kier molecular flexibility index (Phi) is 6.75. The first kappa shape index (κ1) is 23.2. The first-order valence-corrected chi connectivity index (χ1v) is 9.59. The number of anilines is 1. The van der Waals surface area contributed by atoms with E-state index in [9.17, 15) is 9.59 Å². The molecular weight excluding hydrogens is 385 g/mol. The van der Waals surface area contributed by atoms with Gasteiger partial charge in [0.2, 0.25) is 5.82 Å².